The predicted molar refractivity (Wildman–Crippen MR) is 103 cm³/mol. The molecule has 2 N–H and O–H groups in total. The van der Waals surface area contributed by atoms with Crippen LogP contribution in [0.3, 0.4) is 0 Å². The highest BCUT2D eigenvalue weighted by molar-refractivity contribution is 14.0. The van der Waals surface area contributed by atoms with E-state index in [0.717, 1.165) is 44.6 Å². The molecule has 7 nitrogen and oxygen atoms in total. The number of aromatic nitrogens is 2. The van der Waals surface area contributed by atoms with E-state index in [9.17, 15) is 0 Å². The van der Waals surface area contributed by atoms with Crippen LogP contribution in [-0.2, 0) is 0 Å². The van der Waals surface area contributed by atoms with E-state index in [1.165, 1.54) is 0 Å². The molecule has 1 aliphatic rings. The summed E-state index contributed by atoms with van der Waals surface area (Å²) in [4.78, 5) is 17.7. The second-order valence-corrected chi connectivity index (χ2v) is 5.51. The molecule has 1 aromatic heterocycles. The average Bonchev–Trinajstić information content (AvgIpc) is 2.59. The van der Waals surface area contributed by atoms with Crippen LogP contribution in [0.2, 0.25) is 0 Å². The fraction of sp³-hybridized carbons (Fsp3) is 0.667. The highest BCUT2D eigenvalue weighted by Gasteiger charge is 2.21. The number of nitrogens with zero attached hydrogens (tertiary/aromatic N) is 5. The molecule has 0 saturated carbocycles. The monoisotopic (exact) mass is 434 g/mol. The van der Waals surface area contributed by atoms with E-state index in [0.29, 0.717) is 6.54 Å². The Morgan fingerprint density at radius 3 is 2.52 bits per heavy atom. The number of hydrogen-bond acceptors (Lipinski definition) is 5. The molecule has 8 heteroatoms. The molecule has 2 heterocycles. The highest BCUT2D eigenvalue weighted by Crippen LogP contribution is 2.10. The fourth-order valence-corrected chi connectivity index (χ4v) is 2.30. The first kappa shape index (κ1) is 19.9. The van der Waals surface area contributed by atoms with Crippen LogP contribution in [0.25, 0.3) is 0 Å². The molecule has 1 saturated heterocycles. The lowest BCUT2D eigenvalue weighted by atomic mass is 10.2. The number of aliphatic hydroxyl groups is 1. The molecule has 1 unspecified atom stereocenters. The molecule has 23 heavy (non-hydrogen) atoms. The maximum absolute atomic E-state index is 9.12. The Labute approximate surface area is 155 Å². The van der Waals surface area contributed by atoms with Gasteiger partial charge in [0.1, 0.15) is 0 Å². The van der Waals surface area contributed by atoms with Gasteiger partial charge < -0.3 is 20.2 Å². The van der Waals surface area contributed by atoms with Crippen LogP contribution in [0, 0.1) is 5.92 Å². The summed E-state index contributed by atoms with van der Waals surface area (Å²) in [6, 6.07) is 1.83. The zero-order valence-electron chi connectivity index (χ0n) is 13.9. The van der Waals surface area contributed by atoms with Crippen LogP contribution in [-0.4, -0.2) is 71.8 Å². The van der Waals surface area contributed by atoms with Crippen LogP contribution in [0.5, 0.6) is 0 Å². The van der Waals surface area contributed by atoms with Crippen molar-refractivity contribution in [2.24, 2.45) is 10.9 Å². The number of halogens is 1. The summed E-state index contributed by atoms with van der Waals surface area (Å²) in [6.07, 6.45) is 3.55. The third-order valence-corrected chi connectivity index (χ3v) is 3.61. The van der Waals surface area contributed by atoms with Gasteiger partial charge in [0, 0.05) is 58.3 Å². The second kappa shape index (κ2) is 10.6. The standard InChI is InChI=1S/C15H26N6O.HI/c1-3-16-14(19-11-13(2)12-22)20-7-9-21(10-8-20)15-17-5-4-6-18-15;/h4-6,13,22H,3,7-12H2,1-2H3,(H,16,19);1H. The van der Waals surface area contributed by atoms with E-state index in [1.54, 1.807) is 12.4 Å². The van der Waals surface area contributed by atoms with Gasteiger partial charge in [0.15, 0.2) is 5.96 Å². The highest BCUT2D eigenvalue weighted by atomic mass is 127. The Balaban J connectivity index is 0.00000264. The molecule has 0 bridgehead atoms. The van der Waals surface area contributed by atoms with Crippen LogP contribution < -0.4 is 10.2 Å². The van der Waals surface area contributed by atoms with Gasteiger partial charge in [0.05, 0.1) is 0 Å². The van der Waals surface area contributed by atoms with Gasteiger partial charge in [0.2, 0.25) is 5.95 Å². The van der Waals surface area contributed by atoms with Gasteiger partial charge in [-0.15, -0.1) is 24.0 Å². The van der Waals surface area contributed by atoms with Crippen molar-refractivity contribution in [1.82, 2.24) is 20.2 Å². The van der Waals surface area contributed by atoms with E-state index >= 15 is 0 Å². The van der Waals surface area contributed by atoms with Gasteiger partial charge in [0.25, 0.3) is 0 Å². The first-order valence-electron chi connectivity index (χ1n) is 7.90. The molecule has 2 rings (SSSR count). The molecular weight excluding hydrogens is 407 g/mol. The summed E-state index contributed by atoms with van der Waals surface area (Å²) in [7, 11) is 0. The van der Waals surface area contributed by atoms with Crippen molar-refractivity contribution in [2.75, 3.05) is 50.8 Å². The van der Waals surface area contributed by atoms with Crippen LogP contribution in [0.15, 0.2) is 23.5 Å². The van der Waals surface area contributed by atoms with Crippen molar-refractivity contribution in [3.8, 4) is 0 Å². The Bertz CT molecular complexity index is 464. The van der Waals surface area contributed by atoms with E-state index in [1.807, 2.05) is 13.0 Å². The molecule has 1 atom stereocenters. The molecule has 0 aliphatic carbocycles. The number of nitrogens with one attached hydrogen (secondary N) is 1. The Kier molecular flexibility index (Phi) is 9.15. The minimum atomic E-state index is 0. The lowest BCUT2D eigenvalue weighted by Crippen LogP contribution is -2.53. The molecule has 0 amide bonds. The summed E-state index contributed by atoms with van der Waals surface area (Å²) in [6.45, 7) is 9.25. The maximum Gasteiger partial charge on any atom is 0.225 e. The van der Waals surface area contributed by atoms with Crippen LogP contribution >= 0.6 is 24.0 Å². The molecule has 1 fully saturated rings. The maximum atomic E-state index is 9.12. The minimum absolute atomic E-state index is 0. The minimum Gasteiger partial charge on any atom is -0.396 e. The number of hydrogen-bond donors (Lipinski definition) is 2. The van der Waals surface area contributed by atoms with Gasteiger partial charge in [-0.05, 0) is 18.9 Å². The van der Waals surface area contributed by atoms with Crippen molar-refractivity contribution in [1.29, 1.82) is 0 Å². The molecule has 1 aromatic rings. The summed E-state index contributed by atoms with van der Waals surface area (Å²) in [5, 5.41) is 12.5. The SMILES string of the molecule is CCNC(=NCC(C)CO)N1CCN(c2ncccn2)CC1.I. The lowest BCUT2D eigenvalue weighted by Gasteiger charge is -2.36. The zero-order valence-corrected chi connectivity index (χ0v) is 16.2. The molecular formula is C15H27IN6O. The van der Waals surface area contributed by atoms with Crippen molar-refractivity contribution in [2.45, 2.75) is 13.8 Å². The van der Waals surface area contributed by atoms with Gasteiger partial charge in [-0.1, -0.05) is 6.92 Å². The van der Waals surface area contributed by atoms with E-state index in [4.69, 9.17) is 5.11 Å². The van der Waals surface area contributed by atoms with Gasteiger partial charge in [-0.2, -0.15) is 0 Å². The summed E-state index contributed by atoms with van der Waals surface area (Å²) in [5.41, 5.74) is 0. The van der Waals surface area contributed by atoms with Crippen molar-refractivity contribution < 1.29 is 5.11 Å². The fourth-order valence-electron chi connectivity index (χ4n) is 2.30. The summed E-state index contributed by atoms with van der Waals surface area (Å²) in [5.74, 6) is 1.90. The Hall–Kier alpha value is -1.16. The first-order chi connectivity index (χ1) is 10.7. The van der Waals surface area contributed by atoms with Crippen molar-refractivity contribution >= 4 is 35.9 Å². The topological polar surface area (TPSA) is 76.9 Å². The van der Waals surface area contributed by atoms with E-state index in [-0.39, 0.29) is 36.5 Å². The number of piperazine rings is 1. The van der Waals surface area contributed by atoms with Crippen LogP contribution in [0.1, 0.15) is 13.8 Å². The zero-order chi connectivity index (χ0) is 15.8. The molecule has 0 aromatic carbocycles. The average molecular weight is 434 g/mol. The second-order valence-electron chi connectivity index (χ2n) is 5.51. The smallest absolute Gasteiger partial charge is 0.225 e. The van der Waals surface area contributed by atoms with Gasteiger partial charge in [-0.3, -0.25) is 4.99 Å². The van der Waals surface area contributed by atoms with Gasteiger partial charge in [-0.25, -0.2) is 9.97 Å². The predicted octanol–water partition coefficient (Wildman–Crippen LogP) is 0.811. The molecule has 1 aliphatic heterocycles. The number of rotatable bonds is 5. The summed E-state index contributed by atoms with van der Waals surface area (Å²) >= 11 is 0. The van der Waals surface area contributed by atoms with Crippen molar-refractivity contribution in [3.05, 3.63) is 18.5 Å². The van der Waals surface area contributed by atoms with E-state index in [2.05, 4.69) is 37.0 Å². The Morgan fingerprint density at radius 1 is 1.30 bits per heavy atom. The van der Waals surface area contributed by atoms with Gasteiger partial charge >= 0.3 is 0 Å². The largest absolute Gasteiger partial charge is 0.396 e. The lowest BCUT2D eigenvalue weighted by molar-refractivity contribution is 0.241. The van der Waals surface area contributed by atoms with Crippen LogP contribution in [0.4, 0.5) is 5.95 Å². The molecule has 0 radical (unpaired) electrons. The molecule has 130 valence electrons. The third kappa shape index (κ3) is 6.09. The summed E-state index contributed by atoms with van der Waals surface area (Å²) < 4.78 is 0. The molecule has 0 spiro atoms. The van der Waals surface area contributed by atoms with E-state index < -0.39 is 0 Å². The first-order valence-corrected chi connectivity index (χ1v) is 7.90. The van der Waals surface area contributed by atoms with Crippen molar-refractivity contribution in [3.63, 3.8) is 0 Å². The number of aliphatic hydroxyl groups excluding tert-OH is 1. The quantitative estimate of drug-likeness (QED) is 0.406. The number of anilines is 1. The third-order valence-electron chi connectivity index (χ3n) is 3.61. The number of aliphatic imine (C=N–C) groups is 1. The number of guanidine groups is 1. The normalized spacial score (nSPS) is 16.7. The Morgan fingerprint density at radius 2 is 1.96 bits per heavy atom.